The van der Waals surface area contributed by atoms with Crippen molar-refractivity contribution in [1.29, 1.82) is 0 Å². The van der Waals surface area contributed by atoms with E-state index < -0.39 is 0 Å². The second kappa shape index (κ2) is 4.30. The summed E-state index contributed by atoms with van der Waals surface area (Å²) in [4.78, 5) is 11.3. The molecule has 0 radical (unpaired) electrons. The summed E-state index contributed by atoms with van der Waals surface area (Å²) in [7, 11) is 1.57. The first-order valence-corrected chi connectivity index (χ1v) is 6.18. The highest BCUT2D eigenvalue weighted by Crippen LogP contribution is 2.34. The van der Waals surface area contributed by atoms with Crippen molar-refractivity contribution in [1.82, 2.24) is 9.88 Å². The maximum atomic E-state index is 11.3. The Bertz CT molecular complexity index is 634. The van der Waals surface area contributed by atoms with Gasteiger partial charge in [0.1, 0.15) is 5.75 Å². The minimum Gasteiger partial charge on any atom is -0.495 e. The molecule has 0 atom stereocenters. The number of carbonyl (C=O) groups is 1. The van der Waals surface area contributed by atoms with Gasteiger partial charge in [0.25, 0.3) is 0 Å². The van der Waals surface area contributed by atoms with Crippen molar-refractivity contribution < 1.29 is 9.53 Å². The lowest BCUT2D eigenvalue weighted by molar-refractivity contribution is 0.112. The zero-order valence-corrected chi connectivity index (χ0v) is 10.8. The van der Waals surface area contributed by atoms with E-state index in [1.807, 2.05) is 12.1 Å². The van der Waals surface area contributed by atoms with Crippen LogP contribution < -0.4 is 10.1 Å². The van der Waals surface area contributed by atoms with Crippen LogP contribution in [-0.4, -0.2) is 24.5 Å². The van der Waals surface area contributed by atoms with Gasteiger partial charge in [-0.2, -0.15) is 0 Å². The van der Waals surface area contributed by atoms with Crippen LogP contribution in [0.15, 0.2) is 12.1 Å². The van der Waals surface area contributed by atoms with E-state index in [1.165, 1.54) is 0 Å². The summed E-state index contributed by atoms with van der Waals surface area (Å²) in [6, 6.07) is 3.71. The molecule has 3 rings (SSSR count). The highest BCUT2D eigenvalue weighted by Gasteiger charge is 2.20. The number of halogens is 1. The Kier molecular flexibility index (Phi) is 2.76. The molecule has 0 amide bonds. The van der Waals surface area contributed by atoms with Crippen molar-refractivity contribution in [3.63, 3.8) is 0 Å². The molecule has 4 nitrogen and oxygen atoms in total. The van der Waals surface area contributed by atoms with E-state index in [1.54, 1.807) is 7.11 Å². The van der Waals surface area contributed by atoms with Gasteiger partial charge < -0.3 is 14.6 Å². The zero-order chi connectivity index (χ0) is 12.7. The van der Waals surface area contributed by atoms with Gasteiger partial charge in [-0.1, -0.05) is 11.6 Å². The lowest BCUT2D eigenvalue weighted by Gasteiger charge is -2.17. The maximum absolute atomic E-state index is 11.3. The number of hydrogen-bond donors (Lipinski definition) is 1. The van der Waals surface area contributed by atoms with Crippen LogP contribution in [0.4, 0.5) is 0 Å². The van der Waals surface area contributed by atoms with Crippen molar-refractivity contribution in [2.24, 2.45) is 0 Å². The molecule has 1 aliphatic heterocycles. The lowest BCUT2D eigenvalue weighted by atomic mass is 10.1. The highest BCUT2D eigenvalue weighted by molar-refractivity contribution is 6.33. The normalized spacial score (nSPS) is 14.6. The Balaban J connectivity index is 2.38. The Labute approximate surface area is 109 Å². The van der Waals surface area contributed by atoms with E-state index in [4.69, 9.17) is 16.3 Å². The fraction of sp³-hybridized carbons (Fsp3) is 0.308. The third kappa shape index (κ3) is 1.53. The third-order valence-electron chi connectivity index (χ3n) is 3.41. The van der Waals surface area contributed by atoms with Crippen LogP contribution in [-0.2, 0) is 13.1 Å². The number of rotatable bonds is 2. The SMILES string of the molecule is COc1cc2c(C=O)c3n(c2cc1Cl)CCNC3. The number of carbonyl (C=O) groups excluding carboxylic acids is 1. The standard InChI is InChI=1S/C13H13ClN2O2/c1-18-13-4-8-9(7-17)12-6-15-2-3-16(12)11(8)5-10(13)14/h4-5,7,15H,2-3,6H2,1H3. The molecule has 1 aliphatic rings. The summed E-state index contributed by atoms with van der Waals surface area (Å²) in [6.07, 6.45) is 0.911. The molecule has 94 valence electrons. The number of hydrogen-bond acceptors (Lipinski definition) is 3. The van der Waals surface area contributed by atoms with Gasteiger partial charge in [-0.05, 0) is 12.1 Å². The molecule has 1 N–H and O–H groups in total. The zero-order valence-electron chi connectivity index (χ0n) is 10.00. The van der Waals surface area contributed by atoms with Crippen LogP contribution >= 0.6 is 11.6 Å². The Morgan fingerprint density at radius 1 is 1.50 bits per heavy atom. The molecule has 0 unspecified atom stereocenters. The molecule has 5 heteroatoms. The average molecular weight is 265 g/mol. The first kappa shape index (κ1) is 11.6. The van der Waals surface area contributed by atoms with Crippen molar-refractivity contribution in [2.75, 3.05) is 13.7 Å². The predicted octanol–water partition coefficient (Wildman–Crippen LogP) is 2.22. The fourth-order valence-electron chi connectivity index (χ4n) is 2.56. The van der Waals surface area contributed by atoms with Crippen LogP contribution in [0.1, 0.15) is 16.1 Å². The number of nitrogens with zero attached hydrogens (tertiary/aromatic N) is 1. The number of benzene rings is 1. The van der Waals surface area contributed by atoms with E-state index in [9.17, 15) is 4.79 Å². The molecule has 0 spiro atoms. The summed E-state index contributed by atoms with van der Waals surface area (Å²) in [5.41, 5.74) is 2.75. The summed E-state index contributed by atoms with van der Waals surface area (Å²) in [5, 5.41) is 4.75. The molecule has 0 saturated heterocycles. The number of ether oxygens (including phenoxy) is 1. The summed E-state index contributed by atoms with van der Waals surface area (Å²) < 4.78 is 7.37. The highest BCUT2D eigenvalue weighted by atomic mass is 35.5. The fourth-order valence-corrected chi connectivity index (χ4v) is 2.79. The van der Waals surface area contributed by atoms with Gasteiger partial charge in [0, 0.05) is 36.3 Å². The Hall–Kier alpha value is -1.52. The van der Waals surface area contributed by atoms with Crippen LogP contribution in [0, 0.1) is 0 Å². The monoisotopic (exact) mass is 264 g/mol. The van der Waals surface area contributed by atoms with Gasteiger partial charge in [-0.25, -0.2) is 0 Å². The van der Waals surface area contributed by atoms with Gasteiger partial charge in [-0.3, -0.25) is 4.79 Å². The first-order chi connectivity index (χ1) is 8.76. The Morgan fingerprint density at radius 2 is 2.33 bits per heavy atom. The average Bonchev–Trinajstić information content (AvgIpc) is 2.71. The lowest BCUT2D eigenvalue weighted by Crippen LogP contribution is -2.28. The molecule has 18 heavy (non-hydrogen) atoms. The van der Waals surface area contributed by atoms with Crippen LogP contribution in [0.5, 0.6) is 5.75 Å². The number of aldehydes is 1. The topological polar surface area (TPSA) is 43.3 Å². The summed E-state index contributed by atoms with van der Waals surface area (Å²) >= 11 is 6.16. The molecule has 0 saturated carbocycles. The van der Waals surface area contributed by atoms with Crippen LogP contribution in [0.2, 0.25) is 5.02 Å². The van der Waals surface area contributed by atoms with Crippen LogP contribution in [0.25, 0.3) is 10.9 Å². The summed E-state index contributed by atoms with van der Waals surface area (Å²) in [5.74, 6) is 0.600. The quantitative estimate of drug-likeness (QED) is 0.846. The number of fused-ring (bicyclic) bond motifs is 3. The predicted molar refractivity (Wildman–Crippen MR) is 70.6 cm³/mol. The van der Waals surface area contributed by atoms with E-state index in [-0.39, 0.29) is 0 Å². The molecule has 2 heterocycles. The van der Waals surface area contributed by atoms with Gasteiger partial charge >= 0.3 is 0 Å². The molecule has 1 aromatic heterocycles. The smallest absolute Gasteiger partial charge is 0.152 e. The van der Waals surface area contributed by atoms with Gasteiger partial charge in [-0.15, -0.1) is 0 Å². The first-order valence-electron chi connectivity index (χ1n) is 5.80. The second-order valence-electron chi connectivity index (χ2n) is 4.31. The minimum absolute atomic E-state index is 0.571. The largest absolute Gasteiger partial charge is 0.495 e. The maximum Gasteiger partial charge on any atom is 0.152 e. The Morgan fingerprint density at radius 3 is 3.06 bits per heavy atom. The second-order valence-corrected chi connectivity index (χ2v) is 4.72. The van der Waals surface area contributed by atoms with Gasteiger partial charge in [0.2, 0.25) is 0 Å². The number of aromatic nitrogens is 1. The molecule has 2 aromatic rings. The van der Waals surface area contributed by atoms with Crippen molar-refractivity contribution in [3.8, 4) is 5.75 Å². The van der Waals surface area contributed by atoms with E-state index in [0.29, 0.717) is 17.3 Å². The molecular formula is C13H13ClN2O2. The van der Waals surface area contributed by atoms with Crippen molar-refractivity contribution >= 4 is 28.8 Å². The molecule has 0 aliphatic carbocycles. The van der Waals surface area contributed by atoms with Gasteiger partial charge in [0.15, 0.2) is 6.29 Å². The number of methoxy groups -OCH3 is 1. The molecule has 1 aromatic carbocycles. The molecular weight excluding hydrogens is 252 g/mol. The summed E-state index contributed by atoms with van der Waals surface area (Å²) in [6.45, 7) is 2.46. The van der Waals surface area contributed by atoms with Crippen molar-refractivity contribution in [3.05, 3.63) is 28.4 Å². The third-order valence-corrected chi connectivity index (χ3v) is 3.71. The molecule has 0 bridgehead atoms. The minimum atomic E-state index is 0.571. The van der Waals surface area contributed by atoms with E-state index in [2.05, 4.69) is 9.88 Å². The van der Waals surface area contributed by atoms with Crippen molar-refractivity contribution in [2.45, 2.75) is 13.1 Å². The van der Waals surface area contributed by atoms with E-state index in [0.717, 1.165) is 41.5 Å². The van der Waals surface area contributed by atoms with Gasteiger partial charge in [0.05, 0.1) is 17.6 Å². The molecule has 0 fully saturated rings. The number of nitrogens with one attached hydrogen (secondary N) is 1. The van der Waals surface area contributed by atoms with E-state index >= 15 is 0 Å². The van der Waals surface area contributed by atoms with Crippen LogP contribution in [0.3, 0.4) is 0 Å².